The zero-order chi connectivity index (χ0) is 76.8. The second kappa shape index (κ2) is 29.9. The lowest BCUT2D eigenvalue weighted by molar-refractivity contribution is 1.58. The van der Waals surface area contributed by atoms with Gasteiger partial charge in [0.05, 0.1) is 0 Å². The van der Waals surface area contributed by atoms with E-state index in [0.717, 1.165) is 0 Å². The average molecular weight is 1470 g/mol. The number of benzene rings is 22. The number of hydrogen-bond acceptors (Lipinski definition) is 0. The van der Waals surface area contributed by atoms with Gasteiger partial charge in [0.1, 0.15) is 0 Å². The minimum atomic E-state index is 1.21. The Morgan fingerprint density at radius 2 is 0.302 bits per heavy atom. The summed E-state index contributed by atoms with van der Waals surface area (Å²) in [6.07, 6.45) is 0. The van der Waals surface area contributed by atoms with Gasteiger partial charge in [-0.05, 0) is 286 Å². The number of hydrogen-bond donors (Lipinski definition) is 0. The van der Waals surface area contributed by atoms with E-state index in [-0.39, 0.29) is 0 Å². The van der Waals surface area contributed by atoms with E-state index in [1.807, 2.05) is 0 Å². The normalized spacial score (nSPS) is 11.4. The van der Waals surface area contributed by atoms with Crippen molar-refractivity contribution in [2.75, 3.05) is 0 Å². The molecule has 0 amide bonds. The highest BCUT2D eigenvalue weighted by molar-refractivity contribution is 6.24. The monoisotopic (exact) mass is 1470 g/mol. The van der Waals surface area contributed by atoms with Crippen LogP contribution in [-0.2, 0) is 0 Å². The van der Waals surface area contributed by atoms with Crippen LogP contribution >= 0.6 is 0 Å². The quantitative estimate of drug-likeness (QED) is 0.107. The molecule has 0 radical (unpaired) electrons. The summed E-state index contributed by atoms with van der Waals surface area (Å²) >= 11 is 0. The van der Waals surface area contributed by atoms with E-state index in [1.165, 1.54) is 220 Å². The maximum absolute atomic E-state index is 2.39. The molecule has 0 heteroatoms. The highest BCUT2D eigenvalue weighted by Crippen LogP contribution is 2.49. The van der Waals surface area contributed by atoms with E-state index in [9.17, 15) is 0 Å². The predicted octanol–water partition coefficient (Wildman–Crippen LogP) is 32.6. The third-order valence-corrected chi connectivity index (χ3v) is 23.6. The molecule has 540 valence electrons. The minimum absolute atomic E-state index is 1.21. The van der Waals surface area contributed by atoms with Gasteiger partial charge in [-0.1, -0.05) is 394 Å². The Kier molecular flexibility index (Phi) is 17.7. The molecule has 0 bridgehead atoms. The molecule has 0 fully saturated rings. The van der Waals surface area contributed by atoms with Crippen molar-refractivity contribution < 1.29 is 0 Å². The van der Waals surface area contributed by atoms with Crippen LogP contribution in [0.1, 0.15) is 0 Å². The fraction of sp³-hybridized carbons (Fsp3) is 0. The van der Waals surface area contributed by atoms with Crippen LogP contribution in [0.4, 0.5) is 0 Å². The summed E-state index contributed by atoms with van der Waals surface area (Å²) < 4.78 is 0. The van der Waals surface area contributed by atoms with E-state index in [1.54, 1.807) is 0 Å². The molecule has 0 aromatic heterocycles. The van der Waals surface area contributed by atoms with Gasteiger partial charge in [0.25, 0.3) is 0 Å². The number of rotatable bonds is 12. The third kappa shape index (κ3) is 12.9. The van der Waals surface area contributed by atoms with E-state index in [4.69, 9.17) is 0 Å². The first kappa shape index (κ1) is 68.9. The fourth-order valence-corrected chi connectivity index (χ4v) is 18.1. The molecule has 0 saturated carbocycles. The Balaban J connectivity index is 0.000000145. The molecule has 0 aliphatic rings. The van der Waals surface area contributed by atoms with Crippen molar-refractivity contribution in [1.82, 2.24) is 0 Å². The van der Waals surface area contributed by atoms with Gasteiger partial charge in [-0.15, -0.1) is 0 Å². The largest absolute Gasteiger partial charge is 0.0622 e. The first-order chi connectivity index (χ1) is 57.5. The van der Waals surface area contributed by atoms with Gasteiger partial charge >= 0.3 is 0 Å². The zero-order valence-corrected chi connectivity index (χ0v) is 63.9. The molecule has 22 rings (SSSR count). The first-order valence-electron chi connectivity index (χ1n) is 40.2. The molecule has 0 heterocycles. The highest BCUT2D eigenvalue weighted by atomic mass is 14.3. The van der Waals surface area contributed by atoms with Crippen molar-refractivity contribution >= 4 is 86.2 Å². The Hall–Kier alpha value is -15.1. The standard InChI is InChI=1S/2C58H38/c1-3-15-39(16-4-1)48-36-49(40-17-5-2-6-18-40)38-50(37-48)58-55-26-11-9-24-53(55)57(54-25-10-12-27-56(54)58)46-32-30-41-29-31-44(34-47(41)35-46)43-21-13-22-45(33-43)52-28-14-20-42-19-7-8-23-51(42)52;1-3-14-39(15-4-1)48-36-49(40-16-5-2-6-17-40)38-50(37-48)58-55-23-11-9-21-53(55)57(54-22-10-12-24-56(54)58)46-33-29-42-28-32-45(34-47(42)35-46)41-26-30-44(31-27-41)52-25-13-19-43-18-7-8-20-51(43)52/h2*1-38H. The summed E-state index contributed by atoms with van der Waals surface area (Å²) in [5.41, 5.74) is 29.4. The summed E-state index contributed by atoms with van der Waals surface area (Å²) in [4.78, 5) is 0. The third-order valence-electron chi connectivity index (χ3n) is 23.6. The summed E-state index contributed by atoms with van der Waals surface area (Å²) in [7, 11) is 0. The Morgan fingerprint density at radius 3 is 0.672 bits per heavy atom. The van der Waals surface area contributed by atoms with Crippen molar-refractivity contribution in [3.8, 4) is 134 Å². The minimum Gasteiger partial charge on any atom is -0.0622 e. The topological polar surface area (TPSA) is 0 Å². The lowest BCUT2D eigenvalue weighted by Crippen LogP contribution is -1.92. The number of fused-ring (bicyclic) bond motifs is 8. The predicted molar refractivity (Wildman–Crippen MR) is 498 cm³/mol. The summed E-state index contributed by atoms with van der Waals surface area (Å²) in [5, 5.41) is 20.0. The molecular formula is C116H76. The second-order valence-corrected chi connectivity index (χ2v) is 30.5. The van der Waals surface area contributed by atoms with Crippen LogP contribution in [0.3, 0.4) is 0 Å². The molecule has 0 aliphatic carbocycles. The zero-order valence-electron chi connectivity index (χ0n) is 63.9. The lowest BCUT2D eigenvalue weighted by Gasteiger charge is -2.19. The van der Waals surface area contributed by atoms with Crippen LogP contribution in [0.2, 0.25) is 0 Å². The molecule has 0 N–H and O–H groups in total. The first-order valence-corrected chi connectivity index (χ1v) is 40.2. The van der Waals surface area contributed by atoms with E-state index in [0.29, 0.717) is 0 Å². The molecule has 0 atom stereocenters. The summed E-state index contributed by atoms with van der Waals surface area (Å²) in [6.45, 7) is 0. The van der Waals surface area contributed by atoms with Crippen molar-refractivity contribution in [3.05, 3.63) is 461 Å². The Bertz CT molecular complexity index is 7280. The van der Waals surface area contributed by atoms with Gasteiger partial charge in [0.2, 0.25) is 0 Å². The van der Waals surface area contributed by atoms with Crippen LogP contribution in [0.5, 0.6) is 0 Å². The molecule has 0 spiro atoms. The Morgan fingerprint density at radius 1 is 0.0862 bits per heavy atom. The lowest BCUT2D eigenvalue weighted by atomic mass is 9.84. The smallest absolute Gasteiger partial charge is 0.00259 e. The SMILES string of the molecule is c1ccc(-c2cc(-c3ccccc3)cc(-c3c4ccccc4c(-c4ccc5ccc(-c6ccc(-c7cccc8ccccc78)cc6)cc5c4)c4ccccc34)c2)cc1.c1ccc(-c2cc(-c3ccccc3)cc(-c3c4ccccc4c(-c4ccc5ccc(-c6cccc(-c7cccc8ccccc78)c6)cc5c4)c4ccccc34)c2)cc1. The maximum atomic E-state index is 2.39. The van der Waals surface area contributed by atoms with Crippen LogP contribution in [0.15, 0.2) is 461 Å². The van der Waals surface area contributed by atoms with Gasteiger partial charge in [0.15, 0.2) is 0 Å². The van der Waals surface area contributed by atoms with Crippen LogP contribution in [0, 0.1) is 0 Å². The van der Waals surface area contributed by atoms with Gasteiger partial charge < -0.3 is 0 Å². The van der Waals surface area contributed by atoms with Crippen LogP contribution < -0.4 is 0 Å². The molecule has 22 aromatic rings. The highest BCUT2D eigenvalue weighted by Gasteiger charge is 2.22. The van der Waals surface area contributed by atoms with Gasteiger partial charge in [-0.2, -0.15) is 0 Å². The molecule has 0 nitrogen and oxygen atoms in total. The van der Waals surface area contributed by atoms with Gasteiger partial charge in [-0.25, -0.2) is 0 Å². The van der Waals surface area contributed by atoms with E-state index in [2.05, 4.69) is 461 Å². The fourth-order valence-electron chi connectivity index (χ4n) is 18.1. The molecular weight excluding hydrogens is 1390 g/mol. The maximum Gasteiger partial charge on any atom is -0.00259 e. The van der Waals surface area contributed by atoms with Crippen LogP contribution in [-0.4, -0.2) is 0 Å². The van der Waals surface area contributed by atoms with Crippen LogP contribution in [0.25, 0.3) is 220 Å². The van der Waals surface area contributed by atoms with E-state index >= 15 is 0 Å². The van der Waals surface area contributed by atoms with Crippen molar-refractivity contribution in [3.63, 3.8) is 0 Å². The molecule has 22 aromatic carbocycles. The Labute approximate surface area is 676 Å². The molecule has 0 unspecified atom stereocenters. The van der Waals surface area contributed by atoms with E-state index < -0.39 is 0 Å². The summed E-state index contributed by atoms with van der Waals surface area (Å²) in [6, 6.07) is 169. The second-order valence-electron chi connectivity index (χ2n) is 30.5. The van der Waals surface area contributed by atoms with Gasteiger partial charge in [-0.3, -0.25) is 0 Å². The summed E-state index contributed by atoms with van der Waals surface area (Å²) in [5.74, 6) is 0. The average Bonchev–Trinajstić information content (AvgIpc) is 0.732. The molecule has 0 aliphatic heterocycles. The van der Waals surface area contributed by atoms with Crippen molar-refractivity contribution in [2.45, 2.75) is 0 Å². The van der Waals surface area contributed by atoms with Crippen molar-refractivity contribution in [1.29, 1.82) is 0 Å². The molecule has 116 heavy (non-hydrogen) atoms. The van der Waals surface area contributed by atoms with Gasteiger partial charge in [0, 0.05) is 0 Å². The molecule has 0 saturated heterocycles. The van der Waals surface area contributed by atoms with Crippen molar-refractivity contribution in [2.24, 2.45) is 0 Å².